The summed E-state index contributed by atoms with van der Waals surface area (Å²) in [5.74, 6) is -0.145. The molecule has 1 aliphatic heterocycles. The molecule has 1 N–H and O–H groups in total. The lowest BCUT2D eigenvalue weighted by Gasteiger charge is -2.29. The number of amides is 2. The molecule has 2 aromatic rings. The summed E-state index contributed by atoms with van der Waals surface area (Å²) in [5, 5.41) is 2.98. The van der Waals surface area contributed by atoms with Gasteiger partial charge in [0.05, 0.1) is 0 Å². The highest BCUT2D eigenvalue weighted by atomic mass is 16.2. The van der Waals surface area contributed by atoms with Crippen LogP contribution in [-0.2, 0) is 11.3 Å². The van der Waals surface area contributed by atoms with Crippen LogP contribution in [0.15, 0.2) is 54.6 Å². The maximum absolute atomic E-state index is 13.3. The van der Waals surface area contributed by atoms with E-state index in [1.54, 1.807) is 6.07 Å². The molecule has 1 fully saturated rings. The molecule has 0 saturated carbocycles. The molecule has 2 amide bonds. The van der Waals surface area contributed by atoms with Crippen molar-refractivity contribution >= 4 is 11.8 Å². The lowest BCUT2D eigenvalue weighted by molar-refractivity contribution is -0.134. The molecule has 1 atom stereocenters. The topological polar surface area (TPSA) is 52.7 Å². The standard InChI is InChI=1S/C25H33N3O2/c1-19(2)23(26-24(29)22-12-7-9-20(3)17-22)25(30)28-14-8-13-27(15-16-28)18-21-10-5-4-6-11-21/h4-7,9-12,17,19,23H,8,13-16,18H2,1-3H3,(H,26,29). The van der Waals surface area contributed by atoms with Gasteiger partial charge in [0.25, 0.3) is 5.91 Å². The normalized spacial score (nSPS) is 16.2. The molecule has 5 nitrogen and oxygen atoms in total. The van der Waals surface area contributed by atoms with E-state index in [2.05, 4.69) is 34.5 Å². The number of rotatable bonds is 6. The molecule has 1 aliphatic rings. The zero-order valence-electron chi connectivity index (χ0n) is 18.3. The van der Waals surface area contributed by atoms with Crippen molar-refractivity contribution in [1.82, 2.24) is 15.1 Å². The summed E-state index contributed by atoms with van der Waals surface area (Å²) < 4.78 is 0. The van der Waals surface area contributed by atoms with Crippen molar-refractivity contribution in [2.75, 3.05) is 26.2 Å². The molecule has 30 heavy (non-hydrogen) atoms. The second-order valence-corrected chi connectivity index (χ2v) is 8.51. The van der Waals surface area contributed by atoms with Crippen molar-refractivity contribution in [3.63, 3.8) is 0 Å². The van der Waals surface area contributed by atoms with E-state index in [-0.39, 0.29) is 17.7 Å². The molecule has 160 valence electrons. The Balaban J connectivity index is 1.61. The van der Waals surface area contributed by atoms with Gasteiger partial charge in [0, 0.05) is 38.3 Å². The lowest BCUT2D eigenvalue weighted by Crippen LogP contribution is -2.52. The van der Waals surface area contributed by atoms with E-state index in [0.29, 0.717) is 12.1 Å². The molecule has 1 unspecified atom stereocenters. The summed E-state index contributed by atoms with van der Waals surface area (Å²) in [6.45, 7) is 10.1. The Morgan fingerprint density at radius 3 is 2.43 bits per heavy atom. The largest absolute Gasteiger partial charge is 0.340 e. The van der Waals surface area contributed by atoms with E-state index in [1.165, 1.54) is 5.56 Å². The third-order valence-corrected chi connectivity index (χ3v) is 5.65. The van der Waals surface area contributed by atoms with Crippen LogP contribution < -0.4 is 5.32 Å². The smallest absolute Gasteiger partial charge is 0.251 e. The van der Waals surface area contributed by atoms with Crippen LogP contribution in [0.4, 0.5) is 0 Å². The number of hydrogen-bond donors (Lipinski definition) is 1. The van der Waals surface area contributed by atoms with Crippen LogP contribution >= 0.6 is 0 Å². The van der Waals surface area contributed by atoms with E-state index in [4.69, 9.17) is 0 Å². The third-order valence-electron chi connectivity index (χ3n) is 5.65. The zero-order chi connectivity index (χ0) is 21.5. The maximum Gasteiger partial charge on any atom is 0.251 e. The van der Waals surface area contributed by atoms with Gasteiger partial charge in [0.1, 0.15) is 6.04 Å². The van der Waals surface area contributed by atoms with Crippen LogP contribution in [0.5, 0.6) is 0 Å². The highest BCUT2D eigenvalue weighted by Crippen LogP contribution is 2.13. The quantitative estimate of drug-likeness (QED) is 0.798. The molecular formula is C25H33N3O2. The number of carbonyl (C=O) groups excluding carboxylic acids is 2. The Morgan fingerprint density at radius 2 is 1.73 bits per heavy atom. The first kappa shape index (κ1) is 22.0. The van der Waals surface area contributed by atoms with E-state index in [0.717, 1.165) is 38.2 Å². The maximum atomic E-state index is 13.3. The molecule has 3 rings (SSSR count). The summed E-state index contributed by atoms with van der Waals surface area (Å²) in [5.41, 5.74) is 2.92. The number of hydrogen-bond acceptors (Lipinski definition) is 3. The van der Waals surface area contributed by atoms with Crippen LogP contribution in [-0.4, -0.2) is 53.8 Å². The molecule has 2 aromatic carbocycles. The van der Waals surface area contributed by atoms with Crippen LogP contribution in [0.25, 0.3) is 0 Å². The summed E-state index contributed by atoms with van der Waals surface area (Å²) in [6, 6.07) is 17.4. The predicted molar refractivity (Wildman–Crippen MR) is 120 cm³/mol. The van der Waals surface area contributed by atoms with Gasteiger partial charge in [-0.2, -0.15) is 0 Å². The van der Waals surface area contributed by atoms with Crippen molar-refractivity contribution in [1.29, 1.82) is 0 Å². The van der Waals surface area contributed by atoms with Crippen molar-refractivity contribution in [2.24, 2.45) is 5.92 Å². The van der Waals surface area contributed by atoms with Gasteiger partial charge in [-0.1, -0.05) is 61.9 Å². The predicted octanol–water partition coefficient (Wildman–Crippen LogP) is 3.48. The van der Waals surface area contributed by atoms with Gasteiger partial charge < -0.3 is 10.2 Å². The first-order chi connectivity index (χ1) is 14.4. The fourth-order valence-electron chi connectivity index (χ4n) is 3.91. The molecule has 0 spiro atoms. The molecule has 0 aliphatic carbocycles. The highest BCUT2D eigenvalue weighted by Gasteiger charge is 2.30. The average Bonchev–Trinajstić information content (AvgIpc) is 2.97. The minimum absolute atomic E-state index is 0.0209. The van der Waals surface area contributed by atoms with Crippen molar-refractivity contribution in [3.05, 3.63) is 71.3 Å². The van der Waals surface area contributed by atoms with E-state index >= 15 is 0 Å². The Kier molecular flexibility index (Phi) is 7.63. The van der Waals surface area contributed by atoms with Gasteiger partial charge in [0.2, 0.25) is 5.91 Å². The highest BCUT2D eigenvalue weighted by molar-refractivity contribution is 5.97. The molecule has 0 radical (unpaired) electrons. The Hall–Kier alpha value is -2.66. The van der Waals surface area contributed by atoms with Crippen LogP contribution in [0.2, 0.25) is 0 Å². The molecule has 0 bridgehead atoms. The van der Waals surface area contributed by atoms with E-state index < -0.39 is 6.04 Å². The number of carbonyl (C=O) groups is 2. The first-order valence-electron chi connectivity index (χ1n) is 10.9. The summed E-state index contributed by atoms with van der Waals surface area (Å²) >= 11 is 0. The van der Waals surface area contributed by atoms with E-state index in [9.17, 15) is 9.59 Å². The summed E-state index contributed by atoms with van der Waals surface area (Å²) in [6.07, 6.45) is 0.940. The first-order valence-corrected chi connectivity index (χ1v) is 10.9. The summed E-state index contributed by atoms with van der Waals surface area (Å²) in [4.78, 5) is 30.3. The SMILES string of the molecule is Cc1cccc(C(=O)NC(C(=O)N2CCCN(Cc3ccccc3)CC2)C(C)C)c1. The average molecular weight is 408 g/mol. The Labute approximate surface area is 180 Å². The van der Waals surface area contributed by atoms with Crippen LogP contribution in [0.1, 0.15) is 41.8 Å². The van der Waals surface area contributed by atoms with Crippen LogP contribution in [0, 0.1) is 12.8 Å². The lowest BCUT2D eigenvalue weighted by atomic mass is 10.0. The monoisotopic (exact) mass is 407 g/mol. The third kappa shape index (κ3) is 5.92. The zero-order valence-corrected chi connectivity index (χ0v) is 18.3. The van der Waals surface area contributed by atoms with Crippen molar-refractivity contribution in [3.8, 4) is 0 Å². The van der Waals surface area contributed by atoms with Gasteiger partial charge in [-0.05, 0) is 37.0 Å². The van der Waals surface area contributed by atoms with Crippen LogP contribution in [0.3, 0.4) is 0 Å². The van der Waals surface area contributed by atoms with Crippen molar-refractivity contribution in [2.45, 2.75) is 39.8 Å². The number of nitrogens with zero attached hydrogens (tertiary/aromatic N) is 2. The number of aryl methyl sites for hydroxylation is 1. The van der Waals surface area contributed by atoms with Crippen molar-refractivity contribution < 1.29 is 9.59 Å². The van der Waals surface area contributed by atoms with Gasteiger partial charge in [-0.15, -0.1) is 0 Å². The number of benzene rings is 2. The number of nitrogens with one attached hydrogen (secondary N) is 1. The molecule has 0 aromatic heterocycles. The minimum atomic E-state index is -0.515. The molecular weight excluding hydrogens is 374 g/mol. The summed E-state index contributed by atoms with van der Waals surface area (Å²) in [7, 11) is 0. The molecule has 1 heterocycles. The van der Waals surface area contributed by atoms with Gasteiger partial charge in [-0.3, -0.25) is 14.5 Å². The Morgan fingerprint density at radius 1 is 0.967 bits per heavy atom. The fraction of sp³-hybridized carbons (Fsp3) is 0.440. The van der Waals surface area contributed by atoms with Gasteiger partial charge in [0.15, 0.2) is 0 Å². The van der Waals surface area contributed by atoms with E-state index in [1.807, 2.05) is 49.9 Å². The second kappa shape index (κ2) is 10.4. The second-order valence-electron chi connectivity index (χ2n) is 8.51. The Bertz CT molecular complexity index is 850. The fourth-order valence-corrected chi connectivity index (χ4v) is 3.91. The van der Waals surface area contributed by atoms with Gasteiger partial charge >= 0.3 is 0 Å². The van der Waals surface area contributed by atoms with Gasteiger partial charge in [-0.25, -0.2) is 0 Å². The molecule has 5 heteroatoms. The molecule has 1 saturated heterocycles. The minimum Gasteiger partial charge on any atom is -0.340 e.